The highest BCUT2D eigenvalue weighted by molar-refractivity contribution is 5.89. The van der Waals surface area contributed by atoms with E-state index >= 15 is 0 Å². The molecule has 1 spiro atoms. The SMILES string of the molecule is N#Cc1ccc(NC(=O)N2CCC3(CCNCC3)C2)cc1. The summed E-state index contributed by atoms with van der Waals surface area (Å²) in [7, 11) is 0. The molecule has 1 aromatic rings. The predicted molar refractivity (Wildman–Crippen MR) is 80.9 cm³/mol. The van der Waals surface area contributed by atoms with Crippen molar-refractivity contribution >= 4 is 11.7 Å². The molecule has 5 heteroatoms. The summed E-state index contributed by atoms with van der Waals surface area (Å²) < 4.78 is 0. The largest absolute Gasteiger partial charge is 0.324 e. The van der Waals surface area contributed by atoms with Gasteiger partial charge >= 0.3 is 6.03 Å². The van der Waals surface area contributed by atoms with Gasteiger partial charge in [0.15, 0.2) is 0 Å². The Morgan fingerprint density at radius 1 is 1.24 bits per heavy atom. The lowest BCUT2D eigenvalue weighted by molar-refractivity contribution is 0.191. The topological polar surface area (TPSA) is 68.2 Å². The van der Waals surface area contributed by atoms with Crippen LogP contribution in [0, 0.1) is 16.7 Å². The van der Waals surface area contributed by atoms with E-state index in [2.05, 4.69) is 16.7 Å². The van der Waals surface area contributed by atoms with Gasteiger partial charge in [0.05, 0.1) is 11.6 Å². The lowest BCUT2D eigenvalue weighted by atomic mass is 9.78. The van der Waals surface area contributed by atoms with E-state index in [9.17, 15) is 4.79 Å². The average Bonchev–Trinajstić information content (AvgIpc) is 2.92. The molecule has 0 atom stereocenters. The van der Waals surface area contributed by atoms with Gasteiger partial charge in [-0.25, -0.2) is 4.79 Å². The van der Waals surface area contributed by atoms with Crippen LogP contribution in [0.5, 0.6) is 0 Å². The standard InChI is InChI=1S/C16H20N4O/c17-11-13-1-3-14(4-2-13)19-15(21)20-10-7-16(12-20)5-8-18-9-6-16/h1-4,18H,5-10,12H2,(H,19,21). The molecular formula is C16H20N4O. The summed E-state index contributed by atoms with van der Waals surface area (Å²) in [6, 6.07) is 9.01. The lowest BCUT2D eigenvalue weighted by Crippen LogP contribution is -2.40. The number of carbonyl (C=O) groups is 1. The maximum Gasteiger partial charge on any atom is 0.321 e. The van der Waals surface area contributed by atoms with Gasteiger partial charge < -0.3 is 15.5 Å². The lowest BCUT2D eigenvalue weighted by Gasteiger charge is -2.33. The number of nitrogens with zero attached hydrogens (tertiary/aromatic N) is 2. The molecule has 0 saturated carbocycles. The number of carbonyl (C=O) groups excluding carboxylic acids is 1. The fourth-order valence-corrected chi connectivity index (χ4v) is 3.30. The smallest absolute Gasteiger partial charge is 0.321 e. The maximum absolute atomic E-state index is 12.3. The molecule has 2 N–H and O–H groups in total. The summed E-state index contributed by atoms with van der Waals surface area (Å²) >= 11 is 0. The van der Waals surface area contributed by atoms with E-state index in [0.717, 1.165) is 51.1 Å². The minimum absolute atomic E-state index is 0.0323. The first-order valence-corrected chi connectivity index (χ1v) is 7.48. The van der Waals surface area contributed by atoms with Crippen LogP contribution in [0.2, 0.25) is 0 Å². The number of rotatable bonds is 1. The van der Waals surface area contributed by atoms with Crippen LogP contribution in [0.15, 0.2) is 24.3 Å². The number of piperidine rings is 1. The Bertz CT molecular complexity index is 555. The number of likely N-dealkylation sites (tertiary alicyclic amines) is 1. The second kappa shape index (κ2) is 5.74. The third-order valence-corrected chi connectivity index (χ3v) is 4.66. The Morgan fingerprint density at radius 3 is 2.62 bits per heavy atom. The predicted octanol–water partition coefficient (Wildman–Crippen LogP) is 2.17. The Hall–Kier alpha value is -2.06. The summed E-state index contributed by atoms with van der Waals surface area (Å²) in [6.45, 7) is 3.81. The summed E-state index contributed by atoms with van der Waals surface area (Å²) in [5.74, 6) is 0. The highest BCUT2D eigenvalue weighted by Gasteiger charge is 2.40. The zero-order valence-electron chi connectivity index (χ0n) is 12.1. The van der Waals surface area contributed by atoms with Crippen molar-refractivity contribution in [3.05, 3.63) is 29.8 Å². The monoisotopic (exact) mass is 284 g/mol. The molecule has 2 heterocycles. The molecule has 5 nitrogen and oxygen atoms in total. The van der Waals surface area contributed by atoms with Crippen molar-refractivity contribution in [3.8, 4) is 6.07 Å². The summed E-state index contributed by atoms with van der Waals surface area (Å²) in [6.07, 6.45) is 3.43. The Labute approximate surface area is 124 Å². The van der Waals surface area contributed by atoms with Gasteiger partial charge in [0.2, 0.25) is 0 Å². The molecule has 21 heavy (non-hydrogen) atoms. The van der Waals surface area contributed by atoms with Gasteiger partial charge in [-0.05, 0) is 62.0 Å². The number of amides is 2. The molecule has 2 amide bonds. The maximum atomic E-state index is 12.3. The third-order valence-electron chi connectivity index (χ3n) is 4.66. The van der Waals surface area contributed by atoms with Crippen LogP contribution < -0.4 is 10.6 Å². The zero-order chi connectivity index (χ0) is 14.7. The van der Waals surface area contributed by atoms with Gasteiger partial charge in [0, 0.05) is 18.8 Å². The van der Waals surface area contributed by atoms with Crippen LogP contribution in [0.1, 0.15) is 24.8 Å². The van der Waals surface area contributed by atoms with Gasteiger partial charge in [-0.3, -0.25) is 0 Å². The molecule has 2 aliphatic heterocycles. The first-order chi connectivity index (χ1) is 10.2. The Kier molecular flexibility index (Phi) is 3.80. The van der Waals surface area contributed by atoms with Crippen molar-refractivity contribution in [2.24, 2.45) is 5.41 Å². The molecule has 2 saturated heterocycles. The van der Waals surface area contributed by atoms with E-state index in [1.165, 1.54) is 0 Å². The number of nitriles is 1. The normalized spacial score (nSPS) is 20.2. The highest BCUT2D eigenvalue weighted by Crippen LogP contribution is 2.38. The van der Waals surface area contributed by atoms with Crippen molar-refractivity contribution in [1.29, 1.82) is 5.26 Å². The van der Waals surface area contributed by atoms with Crippen molar-refractivity contribution in [2.75, 3.05) is 31.5 Å². The minimum atomic E-state index is -0.0323. The molecule has 0 radical (unpaired) electrons. The molecule has 0 aliphatic carbocycles. The van der Waals surface area contributed by atoms with Crippen molar-refractivity contribution in [1.82, 2.24) is 10.2 Å². The highest BCUT2D eigenvalue weighted by atomic mass is 16.2. The average molecular weight is 284 g/mol. The van der Waals surface area contributed by atoms with E-state index in [1.807, 2.05) is 4.90 Å². The molecule has 0 unspecified atom stereocenters. The van der Waals surface area contributed by atoms with E-state index in [1.54, 1.807) is 24.3 Å². The number of benzene rings is 1. The minimum Gasteiger partial charge on any atom is -0.324 e. The fourth-order valence-electron chi connectivity index (χ4n) is 3.30. The fraction of sp³-hybridized carbons (Fsp3) is 0.500. The Balaban J connectivity index is 1.59. The summed E-state index contributed by atoms with van der Waals surface area (Å²) in [5, 5.41) is 15.1. The molecule has 0 aromatic heterocycles. The van der Waals surface area contributed by atoms with E-state index in [0.29, 0.717) is 11.0 Å². The third kappa shape index (κ3) is 3.01. The quantitative estimate of drug-likeness (QED) is 0.830. The molecule has 0 bridgehead atoms. The molecule has 2 aliphatic rings. The summed E-state index contributed by atoms with van der Waals surface area (Å²) in [4.78, 5) is 14.2. The van der Waals surface area contributed by atoms with Crippen molar-refractivity contribution in [3.63, 3.8) is 0 Å². The van der Waals surface area contributed by atoms with Crippen LogP contribution in [-0.4, -0.2) is 37.1 Å². The van der Waals surface area contributed by atoms with Gasteiger partial charge in [-0.1, -0.05) is 0 Å². The number of nitrogens with one attached hydrogen (secondary N) is 2. The van der Waals surface area contributed by atoms with Gasteiger partial charge in [-0.15, -0.1) is 0 Å². The first kappa shape index (κ1) is 13.9. The number of urea groups is 1. The first-order valence-electron chi connectivity index (χ1n) is 7.48. The van der Waals surface area contributed by atoms with Gasteiger partial charge in [0.1, 0.15) is 0 Å². The second-order valence-electron chi connectivity index (χ2n) is 6.04. The molecule has 3 rings (SSSR count). The molecule has 2 fully saturated rings. The second-order valence-corrected chi connectivity index (χ2v) is 6.04. The number of hydrogen-bond acceptors (Lipinski definition) is 3. The Morgan fingerprint density at radius 2 is 1.95 bits per heavy atom. The van der Waals surface area contributed by atoms with E-state index in [-0.39, 0.29) is 6.03 Å². The number of anilines is 1. The zero-order valence-corrected chi connectivity index (χ0v) is 12.1. The molecule has 110 valence electrons. The van der Waals surface area contributed by atoms with Crippen LogP contribution >= 0.6 is 0 Å². The van der Waals surface area contributed by atoms with Gasteiger partial charge in [-0.2, -0.15) is 5.26 Å². The van der Waals surface area contributed by atoms with Crippen molar-refractivity contribution in [2.45, 2.75) is 19.3 Å². The molecule has 1 aromatic carbocycles. The summed E-state index contributed by atoms with van der Waals surface area (Å²) in [5.41, 5.74) is 1.67. The van der Waals surface area contributed by atoms with E-state index in [4.69, 9.17) is 5.26 Å². The van der Waals surface area contributed by atoms with Crippen LogP contribution in [0.25, 0.3) is 0 Å². The van der Waals surface area contributed by atoms with Crippen LogP contribution in [-0.2, 0) is 0 Å². The van der Waals surface area contributed by atoms with Crippen LogP contribution in [0.3, 0.4) is 0 Å². The number of hydrogen-bond donors (Lipinski definition) is 2. The van der Waals surface area contributed by atoms with Gasteiger partial charge in [0.25, 0.3) is 0 Å². The molecular weight excluding hydrogens is 264 g/mol. The van der Waals surface area contributed by atoms with Crippen molar-refractivity contribution < 1.29 is 4.79 Å². The van der Waals surface area contributed by atoms with Crippen LogP contribution in [0.4, 0.5) is 10.5 Å². The van der Waals surface area contributed by atoms with E-state index < -0.39 is 0 Å².